The van der Waals surface area contributed by atoms with Gasteiger partial charge in [-0.15, -0.1) is 4.40 Å². The maximum atomic E-state index is 11.5. The number of nitrogens with one attached hydrogen (secondary N) is 2. The third-order valence-electron chi connectivity index (χ3n) is 3.21. The number of anilines is 2. The van der Waals surface area contributed by atoms with Crippen molar-refractivity contribution in [3.05, 3.63) is 54.1 Å². The molecule has 0 aliphatic carbocycles. The summed E-state index contributed by atoms with van der Waals surface area (Å²) in [5.41, 5.74) is 7.43. The van der Waals surface area contributed by atoms with E-state index >= 15 is 0 Å². The first kappa shape index (κ1) is 15.2. The smallest absolute Gasteiger partial charge is 0.344 e. The third-order valence-corrected chi connectivity index (χ3v) is 4.12. The molecule has 23 heavy (non-hydrogen) atoms. The van der Waals surface area contributed by atoms with Crippen LogP contribution in [0.4, 0.5) is 11.4 Å². The predicted molar refractivity (Wildman–Crippen MR) is 90.1 cm³/mol. The van der Waals surface area contributed by atoms with Gasteiger partial charge in [0.15, 0.2) is 0 Å². The Bertz CT molecular complexity index is 835. The van der Waals surface area contributed by atoms with Crippen LogP contribution in [0.15, 0.2) is 52.9 Å². The molecule has 0 radical (unpaired) electrons. The summed E-state index contributed by atoms with van der Waals surface area (Å²) < 4.78 is 34.5. The molecular formula is C15H16N4O3S. The number of para-hydroxylation sites is 1. The third kappa shape index (κ3) is 3.54. The highest BCUT2D eigenvalue weighted by molar-refractivity contribution is 7.91. The summed E-state index contributed by atoms with van der Waals surface area (Å²) in [6.45, 7) is 0.988. The molecule has 0 saturated heterocycles. The number of rotatable bonds is 5. The number of amidine groups is 1. The average Bonchev–Trinajstić information content (AvgIpc) is 2.51. The van der Waals surface area contributed by atoms with E-state index in [2.05, 4.69) is 14.4 Å². The minimum Gasteiger partial charge on any atom is -0.492 e. The van der Waals surface area contributed by atoms with E-state index < -0.39 is 10.2 Å². The zero-order valence-corrected chi connectivity index (χ0v) is 13.0. The summed E-state index contributed by atoms with van der Waals surface area (Å²) in [7, 11) is -3.76. The van der Waals surface area contributed by atoms with Gasteiger partial charge in [0.25, 0.3) is 0 Å². The van der Waals surface area contributed by atoms with Gasteiger partial charge in [-0.1, -0.05) is 24.3 Å². The molecule has 2 aromatic rings. The van der Waals surface area contributed by atoms with Crippen LogP contribution in [0, 0.1) is 0 Å². The number of hydrogen-bond acceptors (Lipinski definition) is 5. The van der Waals surface area contributed by atoms with Gasteiger partial charge in [-0.3, -0.25) is 4.72 Å². The quantitative estimate of drug-likeness (QED) is 0.720. The average molecular weight is 332 g/mol. The first-order chi connectivity index (χ1) is 11.1. The van der Waals surface area contributed by atoms with Crippen LogP contribution in [0.25, 0.3) is 0 Å². The Morgan fingerprint density at radius 1 is 1.13 bits per heavy atom. The molecule has 4 N–H and O–H groups in total. The van der Waals surface area contributed by atoms with Crippen molar-refractivity contribution in [1.82, 2.24) is 0 Å². The lowest BCUT2D eigenvalue weighted by Crippen LogP contribution is -2.27. The highest BCUT2D eigenvalue weighted by atomic mass is 32.2. The fourth-order valence-electron chi connectivity index (χ4n) is 2.27. The van der Waals surface area contributed by atoms with Gasteiger partial charge in [-0.2, -0.15) is 8.42 Å². The molecule has 0 unspecified atom stereocenters. The maximum absolute atomic E-state index is 11.5. The first-order valence-corrected chi connectivity index (χ1v) is 8.42. The number of ether oxygens (including phenoxy) is 1. The Kier molecular flexibility index (Phi) is 4.07. The number of benzene rings is 2. The molecule has 0 saturated carbocycles. The van der Waals surface area contributed by atoms with Crippen LogP contribution in [0.1, 0.15) is 5.56 Å². The van der Waals surface area contributed by atoms with Crippen LogP contribution >= 0.6 is 0 Å². The molecule has 0 atom stereocenters. The summed E-state index contributed by atoms with van der Waals surface area (Å²) in [6, 6.07) is 14.7. The number of nitrogens with two attached hydrogens (primary N) is 1. The lowest BCUT2D eigenvalue weighted by molar-refractivity contribution is 0.333. The summed E-state index contributed by atoms with van der Waals surface area (Å²) in [6.07, 6.45) is 0. The summed E-state index contributed by atoms with van der Waals surface area (Å²) in [5.74, 6) is 0.754. The van der Waals surface area contributed by atoms with Gasteiger partial charge in [-0.25, -0.2) is 0 Å². The fraction of sp³-hybridized carbons (Fsp3) is 0.133. The molecule has 0 amide bonds. The molecule has 7 nitrogen and oxygen atoms in total. The minimum atomic E-state index is -3.76. The van der Waals surface area contributed by atoms with Gasteiger partial charge in [0.1, 0.15) is 18.2 Å². The van der Waals surface area contributed by atoms with Crippen molar-refractivity contribution in [3.8, 4) is 5.75 Å². The van der Waals surface area contributed by atoms with Gasteiger partial charge in [0, 0.05) is 12.2 Å². The summed E-state index contributed by atoms with van der Waals surface area (Å²) in [4.78, 5) is 0. The Morgan fingerprint density at radius 2 is 1.91 bits per heavy atom. The largest absolute Gasteiger partial charge is 0.492 e. The van der Waals surface area contributed by atoms with Crippen LogP contribution in [0.3, 0.4) is 0 Å². The zero-order valence-electron chi connectivity index (χ0n) is 12.2. The molecule has 8 heteroatoms. The molecule has 3 rings (SSSR count). The van der Waals surface area contributed by atoms with Gasteiger partial charge < -0.3 is 15.8 Å². The normalized spacial score (nSPS) is 15.0. The molecule has 2 aromatic carbocycles. The van der Waals surface area contributed by atoms with Crippen LogP contribution < -0.4 is 20.5 Å². The summed E-state index contributed by atoms with van der Waals surface area (Å²) in [5, 5.41) is 3.18. The topological polar surface area (TPSA) is 106 Å². The van der Waals surface area contributed by atoms with Crippen molar-refractivity contribution < 1.29 is 13.2 Å². The van der Waals surface area contributed by atoms with E-state index in [1.54, 1.807) is 12.1 Å². The van der Waals surface area contributed by atoms with E-state index in [0.717, 1.165) is 5.75 Å². The van der Waals surface area contributed by atoms with Crippen molar-refractivity contribution in [1.29, 1.82) is 0 Å². The molecule has 0 aromatic heterocycles. The van der Waals surface area contributed by atoms with Crippen LogP contribution in [0.5, 0.6) is 5.75 Å². The summed E-state index contributed by atoms with van der Waals surface area (Å²) >= 11 is 0. The number of nitrogens with zero attached hydrogens (tertiary/aromatic N) is 1. The van der Waals surface area contributed by atoms with Crippen molar-refractivity contribution in [3.63, 3.8) is 0 Å². The van der Waals surface area contributed by atoms with E-state index in [9.17, 15) is 8.42 Å². The predicted octanol–water partition coefficient (Wildman–Crippen LogP) is 1.55. The molecule has 120 valence electrons. The molecule has 1 heterocycles. The van der Waals surface area contributed by atoms with Crippen LogP contribution in [-0.2, 0) is 10.2 Å². The molecule has 1 aliphatic rings. The highest BCUT2D eigenvalue weighted by Gasteiger charge is 2.23. The minimum absolute atomic E-state index is 0.0363. The Hall–Kier alpha value is -2.74. The molecule has 0 fully saturated rings. The van der Waals surface area contributed by atoms with Crippen LogP contribution in [-0.4, -0.2) is 27.4 Å². The van der Waals surface area contributed by atoms with E-state index in [-0.39, 0.29) is 5.84 Å². The van der Waals surface area contributed by atoms with Crippen LogP contribution in [0.2, 0.25) is 0 Å². The number of hydrogen-bond donors (Lipinski definition) is 3. The molecule has 1 aliphatic heterocycles. The fourth-order valence-corrected chi connectivity index (χ4v) is 3.11. The maximum Gasteiger partial charge on any atom is 0.344 e. The van der Waals surface area contributed by atoms with Crippen molar-refractivity contribution >= 4 is 27.4 Å². The van der Waals surface area contributed by atoms with Gasteiger partial charge in [0.05, 0.1) is 11.3 Å². The Balaban J connectivity index is 1.68. The lowest BCUT2D eigenvalue weighted by atomic mass is 10.1. The Labute approximate surface area is 134 Å². The van der Waals surface area contributed by atoms with Gasteiger partial charge >= 0.3 is 10.2 Å². The van der Waals surface area contributed by atoms with Crippen molar-refractivity contribution in [2.75, 3.05) is 23.2 Å². The second-order valence-corrected chi connectivity index (χ2v) is 6.21. The second-order valence-electron chi connectivity index (χ2n) is 4.87. The highest BCUT2D eigenvalue weighted by Crippen LogP contribution is 2.28. The lowest BCUT2D eigenvalue weighted by Gasteiger charge is -2.19. The van der Waals surface area contributed by atoms with E-state index in [4.69, 9.17) is 10.5 Å². The standard InChI is InChI=1S/C15H16N4O3S/c16-15-14-12(7-4-8-13(14)18-23(20,21)19-15)17-9-10-22-11-5-2-1-3-6-11/h1-8,17-18H,9-10H2,(H2,16,19). The SMILES string of the molecule is NC1=NS(=O)(=O)Nc2cccc(NCCOc3ccccc3)c21. The van der Waals surface area contributed by atoms with E-state index in [1.807, 2.05) is 36.4 Å². The molecule has 0 bridgehead atoms. The van der Waals surface area contributed by atoms with Crippen molar-refractivity contribution in [2.45, 2.75) is 0 Å². The first-order valence-electron chi connectivity index (χ1n) is 6.98. The Morgan fingerprint density at radius 3 is 2.70 bits per heavy atom. The molecule has 0 spiro atoms. The molecular weight excluding hydrogens is 316 g/mol. The van der Waals surface area contributed by atoms with E-state index in [0.29, 0.717) is 30.1 Å². The van der Waals surface area contributed by atoms with Crippen molar-refractivity contribution in [2.24, 2.45) is 10.1 Å². The second kappa shape index (κ2) is 6.17. The zero-order chi connectivity index (χ0) is 16.3. The monoisotopic (exact) mass is 332 g/mol. The number of fused-ring (bicyclic) bond motifs is 1. The van der Waals surface area contributed by atoms with Gasteiger partial charge in [0.2, 0.25) is 0 Å². The van der Waals surface area contributed by atoms with Gasteiger partial charge in [-0.05, 0) is 24.3 Å². The van der Waals surface area contributed by atoms with E-state index in [1.165, 1.54) is 0 Å².